The Morgan fingerprint density at radius 1 is 1.09 bits per heavy atom. The number of likely N-dealkylation sites (tertiary alicyclic amines) is 1. The molecule has 0 bridgehead atoms. The first-order valence-corrected chi connectivity index (χ1v) is 13.2. The topological polar surface area (TPSA) is 49.3 Å². The third-order valence-corrected chi connectivity index (χ3v) is 8.33. The zero-order valence-electron chi connectivity index (χ0n) is 21.0. The minimum absolute atomic E-state index is 0.172. The third kappa shape index (κ3) is 3.81. The Labute approximate surface area is 208 Å². The van der Waals surface area contributed by atoms with Crippen LogP contribution in [0, 0.1) is 5.92 Å². The average molecular weight is 467 g/mol. The van der Waals surface area contributed by atoms with Gasteiger partial charge in [-0.15, -0.1) is 0 Å². The fraction of sp³-hybridized carbons (Fsp3) is 0.433. The van der Waals surface area contributed by atoms with Crippen molar-refractivity contribution < 1.29 is 4.79 Å². The van der Waals surface area contributed by atoms with Crippen LogP contribution in [-0.2, 0) is 11.8 Å². The molecule has 3 aliphatic rings. The lowest BCUT2D eigenvalue weighted by molar-refractivity contribution is 0.0730. The van der Waals surface area contributed by atoms with Gasteiger partial charge in [-0.1, -0.05) is 26.8 Å². The Morgan fingerprint density at radius 2 is 1.94 bits per heavy atom. The van der Waals surface area contributed by atoms with Gasteiger partial charge in [0, 0.05) is 53.8 Å². The monoisotopic (exact) mass is 466 g/mol. The predicted octanol–water partition coefficient (Wildman–Crippen LogP) is 6.15. The molecule has 1 spiro atoms. The van der Waals surface area contributed by atoms with Crippen molar-refractivity contribution in [3.8, 4) is 11.3 Å². The molecule has 0 radical (unpaired) electrons. The summed E-state index contributed by atoms with van der Waals surface area (Å²) >= 11 is 0. The Balaban J connectivity index is 1.31. The third-order valence-electron chi connectivity index (χ3n) is 8.33. The molecule has 1 saturated carbocycles. The highest BCUT2D eigenvalue weighted by Gasteiger charge is 2.52. The van der Waals surface area contributed by atoms with E-state index in [4.69, 9.17) is 4.98 Å². The van der Waals surface area contributed by atoms with Crippen LogP contribution in [-0.4, -0.2) is 39.9 Å². The number of nitrogens with zero attached hydrogens (tertiary/aromatic N) is 4. The SMILES string of the molecule is CCc1ccnc(-c2ccc(N3CC4(CC4)c4ccc(C(=O)N5C[C@@H](C)C[C@H]5CC)cc43)nc2)c1. The molecular weight excluding hydrogens is 432 g/mol. The van der Waals surface area contributed by atoms with E-state index in [0.29, 0.717) is 12.0 Å². The number of aryl methyl sites for hydroxylation is 1. The zero-order chi connectivity index (χ0) is 24.2. The van der Waals surface area contributed by atoms with Crippen molar-refractivity contribution in [2.75, 3.05) is 18.0 Å². The second-order valence-corrected chi connectivity index (χ2v) is 10.8. The second-order valence-electron chi connectivity index (χ2n) is 10.8. The number of rotatable bonds is 5. The van der Waals surface area contributed by atoms with Crippen molar-refractivity contribution in [2.45, 2.75) is 64.3 Å². The highest BCUT2D eigenvalue weighted by molar-refractivity contribution is 5.96. The van der Waals surface area contributed by atoms with E-state index in [9.17, 15) is 4.79 Å². The fourth-order valence-corrected chi connectivity index (χ4v) is 6.09. The molecule has 5 heteroatoms. The van der Waals surface area contributed by atoms with Crippen molar-refractivity contribution in [3.63, 3.8) is 0 Å². The van der Waals surface area contributed by atoms with Gasteiger partial charge in [0.25, 0.3) is 5.91 Å². The molecule has 2 aromatic heterocycles. The maximum absolute atomic E-state index is 13.5. The molecule has 1 saturated heterocycles. The molecule has 1 amide bonds. The van der Waals surface area contributed by atoms with E-state index >= 15 is 0 Å². The molecule has 0 N–H and O–H groups in total. The van der Waals surface area contributed by atoms with Crippen LogP contribution in [0.1, 0.15) is 67.9 Å². The van der Waals surface area contributed by atoms with Gasteiger partial charge in [0.05, 0.1) is 5.69 Å². The van der Waals surface area contributed by atoms with Gasteiger partial charge in [-0.2, -0.15) is 0 Å². The number of amides is 1. The van der Waals surface area contributed by atoms with Crippen LogP contribution in [0.2, 0.25) is 0 Å². The fourth-order valence-electron chi connectivity index (χ4n) is 6.09. The van der Waals surface area contributed by atoms with Crippen LogP contribution in [0.25, 0.3) is 11.3 Å². The van der Waals surface area contributed by atoms with Crippen molar-refractivity contribution in [1.82, 2.24) is 14.9 Å². The summed E-state index contributed by atoms with van der Waals surface area (Å²) < 4.78 is 0. The summed E-state index contributed by atoms with van der Waals surface area (Å²) in [5.74, 6) is 1.68. The number of hydrogen-bond donors (Lipinski definition) is 0. The van der Waals surface area contributed by atoms with Crippen molar-refractivity contribution in [1.29, 1.82) is 0 Å². The van der Waals surface area contributed by atoms with Crippen LogP contribution in [0.5, 0.6) is 0 Å². The van der Waals surface area contributed by atoms with Gasteiger partial charge >= 0.3 is 0 Å². The highest BCUT2D eigenvalue weighted by atomic mass is 16.2. The van der Waals surface area contributed by atoms with E-state index in [2.05, 4.69) is 78.0 Å². The summed E-state index contributed by atoms with van der Waals surface area (Å²) in [5.41, 5.74) is 6.82. The minimum Gasteiger partial charge on any atom is -0.335 e. The van der Waals surface area contributed by atoms with Gasteiger partial charge in [-0.3, -0.25) is 9.78 Å². The van der Waals surface area contributed by atoms with E-state index in [0.717, 1.165) is 60.7 Å². The smallest absolute Gasteiger partial charge is 0.254 e. The van der Waals surface area contributed by atoms with Gasteiger partial charge in [0.2, 0.25) is 0 Å². The van der Waals surface area contributed by atoms with Gasteiger partial charge in [0.1, 0.15) is 5.82 Å². The van der Waals surface area contributed by atoms with Crippen LogP contribution in [0.3, 0.4) is 0 Å². The molecule has 0 unspecified atom stereocenters. The molecule has 180 valence electrons. The van der Waals surface area contributed by atoms with Gasteiger partial charge in [0.15, 0.2) is 0 Å². The van der Waals surface area contributed by atoms with Crippen molar-refractivity contribution in [3.05, 3.63) is 71.5 Å². The molecule has 1 aliphatic carbocycles. The standard InChI is InChI=1S/C30H34N4O/c1-4-21-10-13-31-26(15-21)23-7-9-28(32-17-23)34-19-30(11-12-30)25-8-6-22(16-27(25)34)29(35)33-18-20(3)14-24(33)5-2/h6-10,13,15-17,20,24H,4-5,11-12,14,18-19H2,1-3H3/t20-,24+/m0/s1. The number of benzene rings is 1. The van der Waals surface area contributed by atoms with Gasteiger partial charge in [-0.25, -0.2) is 4.98 Å². The molecule has 2 aliphatic heterocycles. The second kappa shape index (κ2) is 8.47. The number of anilines is 2. The molecule has 1 aromatic carbocycles. The predicted molar refractivity (Wildman–Crippen MR) is 140 cm³/mol. The van der Waals surface area contributed by atoms with E-state index < -0.39 is 0 Å². The molecule has 3 aromatic rings. The first-order valence-electron chi connectivity index (χ1n) is 13.2. The molecule has 2 fully saturated rings. The summed E-state index contributed by atoms with van der Waals surface area (Å²) in [6.07, 6.45) is 9.33. The lowest BCUT2D eigenvalue weighted by Gasteiger charge is -2.25. The Morgan fingerprint density at radius 3 is 2.66 bits per heavy atom. The molecule has 2 atom stereocenters. The van der Waals surface area contributed by atoms with Crippen LogP contribution < -0.4 is 4.90 Å². The number of aromatic nitrogens is 2. The van der Waals surface area contributed by atoms with E-state index in [-0.39, 0.29) is 11.3 Å². The minimum atomic E-state index is 0.172. The van der Waals surface area contributed by atoms with Crippen LogP contribution in [0.4, 0.5) is 11.5 Å². The Hall–Kier alpha value is -3.21. The maximum atomic E-state index is 13.5. The van der Waals surface area contributed by atoms with Crippen LogP contribution >= 0.6 is 0 Å². The summed E-state index contributed by atoms with van der Waals surface area (Å²) in [6, 6.07) is 15.2. The summed E-state index contributed by atoms with van der Waals surface area (Å²) in [4.78, 5) is 27.4. The number of fused-ring (bicyclic) bond motifs is 2. The highest BCUT2D eigenvalue weighted by Crippen LogP contribution is 2.58. The van der Waals surface area contributed by atoms with Gasteiger partial charge in [-0.05, 0) is 85.5 Å². The largest absolute Gasteiger partial charge is 0.335 e. The van der Waals surface area contributed by atoms with Gasteiger partial charge < -0.3 is 9.80 Å². The van der Waals surface area contributed by atoms with E-state index in [1.54, 1.807) is 0 Å². The summed E-state index contributed by atoms with van der Waals surface area (Å²) in [7, 11) is 0. The van der Waals surface area contributed by atoms with Crippen molar-refractivity contribution >= 4 is 17.4 Å². The van der Waals surface area contributed by atoms with E-state index in [1.165, 1.54) is 24.0 Å². The quantitative estimate of drug-likeness (QED) is 0.452. The summed E-state index contributed by atoms with van der Waals surface area (Å²) in [5, 5.41) is 0. The Kier molecular flexibility index (Phi) is 5.39. The first-order chi connectivity index (χ1) is 17.0. The molecule has 35 heavy (non-hydrogen) atoms. The lowest BCUT2D eigenvalue weighted by atomic mass is 9.97. The normalized spacial score (nSPS) is 22.0. The number of carbonyl (C=O) groups is 1. The molecule has 5 nitrogen and oxygen atoms in total. The first kappa shape index (κ1) is 22.3. The molecule has 4 heterocycles. The number of pyridine rings is 2. The Bertz CT molecular complexity index is 1260. The molecule has 6 rings (SSSR count). The lowest BCUT2D eigenvalue weighted by Crippen LogP contribution is -2.35. The summed E-state index contributed by atoms with van der Waals surface area (Å²) in [6.45, 7) is 8.39. The number of hydrogen-bond acceptors (Lipinski definition) is 4. The maximum Gasteiger partial charge on any atom is 0.254 e. The number of carbonyl (C=O) groups excluding carboxylic acids is 1. The zero-order valence-corrected chi connectivity index (χ0v) is 21.0. The average Bonchev–Trinajstić information content (AvgIpc) is 3.48. The van der Waals surface area contributed by atoms with Crippen molar-refractivity contribution in [2.24, 2.45) is 5.92 Å². The van der Waals surface area contributed by atoms with Crippen LogP contribution in [0.15, 0.2) is 54.9 Å². The van der Waals surface area contributed by atoms with E-state index in [1.807, 2.05) is 12.4 Å². The molecular formula is C30H34N4O.